The van der Waals surface area contributed by atoms with Crippen LogP contribution in [0.15, 0.2) is 70.7 Å². The maximum Gasteiger partial charge on any atom is 0.162 e. The van der Waals surface area contributed by atoms with Gasteiger partial charge in [0.05, 0.1) is 11.7 Å². The summed E-state index contributed by atoms with van der Waals surface area (Å²) in [7, 11) is 0. The molecule has 0 spiro atoms. The Kier molecular flexibility index (Phi) is 3.99. The van der Waals surface area contributed by atoms with E-state index in [0.717, 1.165) is 27.7 Å². The van der Waals surface area contributed by atoms with E-state index >= 15 is 0 Å². The highest BCUT2D eigenvalue weighted by atomic mass is 79.9. The predicted octanol–water partition coefficient (Wildman–Crippen LogP) is 6.91. The minimum atomic E-state index is -0.106. The minimum Gasteiger partial charge on any atom is -0.373 e. The fourth-order valence-electron chi connectivity index (χ4n) is 4.71. The van der Waals surface area contributed by atoms with E-state index in [0.29, 0.717) is 6.42 Å². The average molecular weight is 432 g/mol. The van der Waals surface area contributed by atoms with Crippen molar-refractivity contribution in [1.82, 2.24) is 0 Å². The Morgan fingerprint density at radius 2 is 1.71 bits per heavy atom. The molecule has 2 nitrogen and oxygen atoms in total. The van der Waals surface area contributed by atoms with Crippen LogP contribution in [0.3, 0.4) is 0 Å². The van der Waals surface area contributed by atoms with Gasteiger partial charge >= 0.3 is 0 Å². The zero-order chi connectivity index (χ0) is 19.5. The maximum atomic E-state index is 13.3. The molecule has 5 rings (SSSR count). The fourth-order valence-corrected chi connectivity index (χ4v) is 4.97. The molecule has 0 saturated heterocycles. The van der Waals surface area contributed by atoms with E-state index in [1.807, 2.05) is 12.1 Å². The molecule has 0 amide bonds. The number of carbonyl (C=O) groups is 1. The normalized spacial score (nSPS) is 20.5. The van der Waals surface area contributed by atoms with Gasteiger partial charge in [0.2, 0.25) is 0 Å². The number of ketones is 1. The topological polar surface area (TPSA) is 29.1 Å². The van der Waals surface area contributed by atoms with Crippen LogP contribution in [-0.2, 0) is 4.79 Å². The van der Waals surface area contributed by atoms with Crippen molar-refractivity contribution >= 4 is 43.7 Å². The van der Waals surface area contributed by atoms with Crippen molar-refractivity contribution < 1.29 is 4.79 Å². The summed E-state index contributed by atoms with van der Waals surface area (Å²) in [5.74, 6) is 0.269. The summed E-state index contributed by atoms with van der Waals surface area (Å²) < 4.78 is 1.04. The van der Waals surface area contributed by atoms with E-state index in [1.54, 1.807) is 0 Å². The summed E-state index contributed by atoms with van der Waals surface area (Å²) in [6.07, 6.45) is 1.53. The van der Waals surface area contributed by atoms with Crippen molar-refractivity contribution in [3.8, 4) is 0 Å². The van der Waals surface area contributed by atoms with Gasteiger partial charge in [0.25, 0.3) is 0 Å². The van der Waals surface area contributed by atoms with E-state index in [9.17, 15) is 4.79 Å². The van der Waals surface area contributed by atoms with Crippen LogP contribution in [0.4, 0.5) is 5.69 Å². The monoisotopic (exact) mass is 431 g/mol. The molecule has 1 heterocycles. The average Bonchev–Trinajstić information content (AvgIpc) is 2.66. The van der Waals surface area contributed by atoms with E-state index in [2.05, 4.69) is 83.6 Å². The minimum absolute atomic E-state index is 0.0135. The first-order chi connectivity index (χ1) is 13.4. The van der Waals surface area contributed by atoms with E-state index in [-0.39, 0.29) is 17.2 Å². The SMILES string of the molecule is CC1(C)CC(=O)C2=C(C1)c1ccc3ccccc3c1N[C@H]2c1ccc(Br)cc1. The first kappa shape index (κ1) is 17.7. The van der Waals surface area contributed by atoms with E-state index in [4.69, 9.17) is 0 Å². The molecule has 0 unspecified atom stereocenters. The number of carbonyl (C=O) groups excluding carboxylic acids is 1. The van der Waals surface area contributed by atoms with Crippen molar-refractivity contribution in [2.75, 3.05) is 5.32 Å². The lowest BCUT2D eigenvalue weighted by Gasteiger charge is -2.40. The summed E-state index contributed by atoms with van der Waals surface area (Å²) in [6.45, 7) is 4.40. The molecule has 0 radical (unpaired) electrons. The third-order valence-corrected chi connectivity index (χ3v) is 6.48. The Labute approximate surface area is 173 Å². The van der Waals surface area contributed by atoms with E-state index in [1.165, 1.54) is 21.9 Å². The molecule has 1 N–H and O–H groups in total. The number of Topliss-reactive ketones (excluding diaryl/α,β-unsaturated/α-hetero) is 1. The smallest absolute Gasteiger partial charge is 0.162 e. The molecule has 3 aromatic rings. The van der Waals surface area contributed by atoms with Gasteiger partial charge in [-0.1, -0.05) is 78.3 Å². The van der Waals surface area contributed by atoms with Crippen molar-refractivity contribution in [2.24, 2.45) is 5.41 Å². The number of rotatable bonds is 1. The van der Waals surface area contributed by atoms with Crippen LogP contribution >= 0.6 is 15.9 Å². The van der Waals surface area contributed by atoms with Crippen LogP contribution in [0.2, 0.25) is 0 Å². The second-order valence-electron chi connectivity index (χ2n) is 8.67. The molecule has 3 aromatic carbocycles. The molecule has 0 aromatic heterocycles. The maximum absolute atomic E-state index is 13.3. The van der Waals surface area contributed by atoms with Crippen molar-refractivity contribution in [3.05, 3.63) is 81.8 Å². The number of fused-ring (bicyclic) bond motifs is 4. The number of nitrogens with one attached hydrogen (secondary N) is 1. The Morgan fingerprint density at radius 1 is 0.964 bits per heavy atom. The fraction of sp³-hybridized carbons (Fsp3) is 0.240. The highest BCUT2D eigenvalue weighted by molar-refractivity contribution is 9.10. The number of hydrogen-bond acceptors (Lipinski definition) is 2. The molecule has 2 aliphatic rings. The second kappa shape index (κ2) is 6.31. The summed E-state index contributed by atoms with van der Waals surface area (Å²) in [4.78, 5) is 13.3. The summed E-state index contributed by atoms with van der Waals surface area (Å²) >= 11 is 3.52. The number of allylic oxidation sites excluding steroid dienone is 1. The molecule has 3 heteroatoms. The van der Waals surface area contributed by atoms with E-state index < -0.39 is 0 Å². The third kappa shape index (κ3) is 2.80. The lowest BCUT2D eigenvalue weighted by molar-refractivity contribution is -0.118. The predicted molar refractivity (Wildman–Crippen MR) is 119 cm³/mol. The first-order valence-electron chi connectivity index (χ1n) is 9.73. The van der Waals surface area contributed by atoms with Crippen LogP contribution < -0.4 is 5.32 Å². The van der Waals surface area contributed by atoms with Gasteiger partial charge in [-0.15, -0.1) is 0 Å². The van der Waals surface area contributed by atoms with Gasteiger partial charge < -0.3 is 5.32 Å². The number of halogens is 1. The second-order valence-corrected chi connectivity index (χ2v) is 9.59. The Bertz CT molecular complexity index is 1140. The van der Waals surface area contributed by atoms with Gasteiger partial charge in [-0.05, 0) is 40.5 Å². The molecule has 140 valence electrons. The lowest BCUT2D eigenvalue weighted by Crippen LogP contribution is -2.33. The van der Waals surface area contributed by atoms with Gasteiger partial charge in [0, 0.05) is 27.4 Å². The summed E-state index contributed by atoms with van der Waals surface area (Å²) in [5, 5.41) is 6.17. The van der Waals surface area contributed by atoms with Crippen LogP contribution in [0, 0.1) is 5.41 Å². The molecule has 1 aliphatic heterocycles. The highest BCUT2D eigenvalue weighted by Gasteiger charge is 2.40. The van der Waals surface area contributed by atoms with Crippen molar-refractivity contribution in [1.29, 1.82) is 0 Å². The number of anilines is 1. The molecular weight excluding hydrogens is 410 g/mol. The van der Waals surface area contributed by atoms with Crippen LogP contribution in [0.1, 0.15) is 43.9 Å². The number of hydrogen-bond donors (Lipinski definition) is 1. The Balaban J connectivity index is 1.79. The highest BCUT2D eigenvalue weighted by Crippen LogP contribution is 2.51. The molecular formula is C25H22BrNO. The van der Waals surface area contributed by atoms with Crippen LogP contribution in [-0.4, -0.2) is 5.78 Å². The molecule has 28 heavy (non-hydrogen) atoms. The van der Waals surface area contributed by atoms with Crippen LogP contribution in [0.25, 0.3) is 16.3 Å². The standard InChI is InChI=1S/C25H22BrNO/c1-25(2)13-20-19-12-9-15-5-3-4-6-18(15)24(19)27-23(22(20)21(28)14-25)16-7-10-17(26)11-8-16/h3-12,23,27H,13-14H2,1-2H3/t23-/m0/s1. The first-order valence-corrected chi connectivity index (χ1v) is 10.5. The van der Waals surface area contributed by atoms with Gasteiger partial charge in [-0.3, -0.25) is 4.79 Å². The molecule has 0 fully saturated rings. The number of benzene rings is 3. The quantitative estimate of drug-likeness (QED) is 0.453. The van der Waals surface area contributed by atoms with Crippen LogP contribution in [0.5, 0.6) is 0 Å². The molecule has 1 atom stereocenters. The van der Waals surface area contributed by atoms with Gasteiger partial charge in [0.1, 0.15) is 0 Å². The Morgan fingerprint density at radius 3 is 2.50 bits per heavy atom. The molecule has 1 aliphatic carbocycles. The summed E-state index contributed by atoms with van der Waals surface area (Å²) in [5.41, 5.74) is 5.61. The summed E-state index contributed by atoms with van der Waals surface area (Å²) in [6, 6.07) is 21.0. The van der Waals surface area contributed by atoms with Gasteiger partial charge in [0.15, 0.2) is 5.78 Å². The molecule has 0 saturated carbocycles. The van der Waals surface area contributed by atoms with Gasteiger partial charge in [-0.25, -0.2) is 0 Å². The zero-order valence-electron chi connectivity index (χ0n) is 16.1. The van der Waals surface area contributed by atoms with Gasteiger partial charge in [-0.2, -0.15) is 0 Å². The van der Waals surface area contributed by atoms with Crippen molar-refractivity contribution in [3.63, 3.8) is 0 Å². The lowest BCUT2D eigenvalue weighted by atomic mass is 9.68. The zero-order valence-corrected chi connectivity index (χ0v) is 17.6. The largest absolute Gasteiger partial charge is 0.373 e. The molecule has 0 bridgehead atoms. The Hall–Kier alpha value is -2.39. The third-order valence-electron chi connectivity index (χ3n) is 5.95. The van der Waals surface area contributed by atoms with Crippen molar-refractivity contribution in [2.45, 2.75) is 32.7 Å².